The molecule has 0 saturated carbocycles. The minimum Gasteiger partial charge on any atom is -0.309 e. The molecule has 0 saturated heterocycles. The first kappa shape index (κ1) is 16.4. The van der Waals surface area contributed by atoms with Gasteiger partial charge in [0.1, 0.15) is 0 Å². The van der Waals surface area contributed by atoms with Crippen molar-refractivity contribution in [3.05, 3.63) is 46.7 Å². The lowest BCUT2D eigenvalue weighted by atomic mass is 10.2. The van der Waals surface area contributed by atoms with E-state index in [0.29, 0.717) is 10.7 Å². The Balaban J connectivity index is 2.43. The van der Waals surface area contributed by atoms with Crippen LogP contribution in [0.3, 0.4) is 0 Å². The lowest BCUT2D eigenvalue weighted by Crippen LogP contribution is -2.31. The molecule has 0 atom stereocenters. The van der Waals surface area contributed by atoms with Gasteiger partial charge in [0.2, 0.25) is 0 Å². The summed E-state index contributed by atoms with van der Waals surface area (Å²) in [5, 5.41) is 3.83. The minimum absolute atomic E-state index is 0.215. The third-order valence-electron chi connectivity index (χ3n) is 3.03. The highest BCUT2D eigenvalue weighted by molar-refractivity contribution is 6.30. The topological polar surface area (TPSA) is 38.1 Å². The molecule has 0 spiro atoms. The van der Waals surface area contributed by atoms with Crippen LogP contribution in [-0.2, 0) is 13.2 Å². The van der Waals surface area contributed by atoms with Gasteiger partial charge in [0.05, 0.1) is 5.56 Å². The van der Waals surface area contributed by atoms with Crippen molar-refractivity contribution in [2.75, 3.05) is 11.4 Å². The van der Waals surface area contributed by atoms with Crippen molar-refractivity contribution in [1.82, 2.24) is 9.78 Å². The average Bonchev–Trinajstić information content (AvgIpc) is 2.84. The van der Waals surface area contributed by atoms with Crippen LogP contribution in [0.1, 0.15) is 23.0 Å². The second kappa shape index (κ2) is 6.00. The van der Waals surface area contributed by atoms with Gasteiger partial charge >= 0.3 is 6.18 Å². The summed E-state index contributed by atoms with van der Waals surface area (Å²) in [5.41, 5.74) is -1.20. The number of alkyl halides is 3. The van der Waals surface area contributed by atoms with Gasteiger partial charge in [-0.25, -0.2) is 0 Å². The maximum absolute atomic E-state index is 13.0. The number of aryl methyl sites for hydroxylation is 1. The number of halogens is 4. The number of carbonyl (C=O) groups is 1. The largest absolute Gasteiger partial charge is 0.435 e. The van der Waals surface area contributed by atoms with Crippen LogP contribution in [0, 0.1) is 0 Å². The highest BCUT2D eigenvalue weighted by atomic mass is 35.5. The van der Waals surface area contributed by atoms with Gasteiger partial charge in [-0.15, -0.1) is 0 Å². The molecule has 4 nitrogen and oxygen atoms in total. The van der Waals surface area contributed by atoms with Crippen molar-refractivity contribution in [1.29, 1.82) is 0 Å². The number of carbonyl (C=O) groups excluding carboxylic acids is 1. The van der Waals surface area contributed by atoms with Crippen molar-refractivity contribution in [2.24, 2.45) is 7.05 Å². The number of hydrogen-bond acceptors (Lipinski definition) is 2. The van der Waals surface area contributed by atoms with Crippen LogP contribution in [-0.4, -0.2) is 22.2 Å². The lowest BCUT2D eigenvalue weighted by Gasteiger charge is -2.21. The first-order valence-corrected chi connectivity index (χ1v) is 6.80. The third kappa shape index (κ3) is 3.24. The summed E-state index contributed by atoms with van der Waals surface area (Å²) in [4.78, 5) is 13.7. The van der Waals surface area contributed by atoms with Crippen LogP contribution in [0.5, 0.6) is 0 Å². The summed E-state index contributed by atoms with van der Waals surface area (Å²) in [7, 11) is 1.34. The predicted octanol–water partition coefficient (Wildman–Crippen LogP) is 3.76. The average molecular weight is 332 g/mol. The fourth-order valence-corrected chi connectivity index (χ4v) is 2.19. The van der Waals surface area contributed by atoms with E-state index in [2.05, 4.69) is 5.10 Å². The van der Waals surface area contributed by atoms with Crippen LogP contribution >= 0.6 is 11.6 Å². The Morgan fingerprint density at radius 3 is 2.41 bits per heavy atom. The van der Waals surface area contributed by atoms with Crippen molar-refractivity contribution >= 4 is 23.2 Å². The molecule has 0 bridgehead atoms. The number of rotatable bonds is 3. The van der Waals surface area contributed by atoms with Gasteiger partial charge in [0, 0.05) is 30.5 Å². The first-order chi connectivity index (χ1) is 10.2. The fourth-order valence-electron chi connectivity index (χ4n) is 2.06. The number of aromatic nitrogens is 2. The van der Waals surface area contributed by atoms with Crippen LogP contribution in [0.15, 0.2) is 30.5 Å². The Morgan fingerprint density at radius 1 is 1.32 bits per heavy atom. The monoisotopic (exact) mass is 331 g/mol. The molecule has 0 N–H and O–H groups in total. The molecule has 0 aliphatic rings. The number of anilines is 1. The summed E-state index contributed by atoms with van der Waals surface area (Å²) in [6, 6.07) is 6.29. The zero-order valence-electron chi connectivity index (χ0n) is 11.9. The quantitative estimate of drug-likeness (QED) is 0.859. The number of benzene rings is 1. The van der Waals surface area contributed by atoms with E-state index in [9.17, 15) is 18.0 Å². The van der Waals surface area contributed by atoms with Crippen LogP contribution in [0.25, 0.3) is 0 Å². The van der Waals surface area contributed by atoms with Gasteiger partial charge < -0.3 is 4.90 Å². The fraction of sp³-hybridized carbons (Fsp3) is 0.286. The second-order valence-electron chi connectivity index (χ2n) is 4.59. The maximum Gasteiger partial charge on any atom is 0.435 e. The molecule has 0 aliphatic heterocycles. The Hall–Kier alpha value is -2.02. The Kier molecular flexibility index (Phi) is 4.46. The smallest absolute Gasteiger partial charge is 0.309 e. The van der Waals surface area contributed by atoms with Gasteiger partial charge in [-0.2, -0.15) is 18.3 Å². The molecule has 118 valence electrons. The van der Waals surface area contributed by atoms with Gasteiger partial charge in [0.15, 0.2) is 5.69 Å². The Morgan fingerprint density at radius 2 is 1.91 bits per heavy atom. The van der Waals surface area contributed by atoms with Crippen LogP contribution in [0.2, 0.25) is 5.02 Å². The van der Waals surface area contributed by atoms with Crippen molar-refractivity contribution in [2.45, 2.75) is 13.1 Å². The molecule has 0 aliphatic carbocycles. The van der Waals surface area contributed by atoms with E-state index in [0.717, 1.165) is 10.9 Å². The van der Waals surface area contributed by atoms with Gasteiger partial charge in [-0.05, 0) is 31.2 Å². The molecular weight excluding hydrogens is 319 g/mol. The predicted molar refractivity (Wildman–Crippen MR) is 77.0 cm³/mol. The van der Waals surface area contributed by atoms with E-state index in [1.165, 1.54) is 11.9 Å². The molecule has 8 heteroatoms. The summed E-state index contributed by atoms with van der Waals surface area (Å²) >= 11 is 5.78. The molecule has 1 heterocycles. The third-order valence-corrected chi connectivity index (χ3v) is 3.28. The van der Waals surface area contributed by atoms with Crippen molar-refractivity contribution in [3.8, 4) is 0 Å². The molecule has 0 unspecified atom stereocenters. The van der Waals surface area contributed by atoms with Gasteiger partial charge in [-0.3, -0.25) is 9.48 Å². The SMILES string of the molecule is CCN(C(=O)c1cn(C)nc1C(F)(F)F)c1ccc(Cl)cc1. The minimum atomic E-state index is -4.69. The summed E-state index contributed by atoms with van der Waals surface area (Å²) < 4.78 is 39.9. The van der Waals surface area contributed by atoms with E-state index >= 15 is 0 Å². The molecule has 2 rings (SSSR count). The number of hydrogen-bond donors (Lipinski definition) is 0. The first-order valence-electron chi connectivity index (χ1n) is 6.42. The second-order valence-corrected chi connectivity index (χ2v) is 5.03. The molecular formula is C14H13ClF3N3O. The van der Waals surface area contributed by atoms with E-state index in [1.807, 2.05) is 0 Å². The lowest BCUT2D eigenvalue weighted by molar-refractivity contribution is -0.141. The zero-order chi connectivity index (χ0) is 16.5. The maximum atomic E-state index is 13.0. The highest BCUT2D eigenvalue weighted by Crippen LogP contribution is 2.32. The molecule has 1 aromatic carbocycles. The van der Waals surface area contributed by atoms with Crippen molar-refractivity contribution < 1.29 is 18.0 Å². The summed E-state index contributed by atoms with van der Waals surface area (Å²) in [6.45, 7) is 1.89. The van der Waals surface area contributed by atoms with E-state index in [1.54, 1.807) is 31.2 Å². The Bertz CT molecular complexity index is 680. The van der Waals surface area contributed by atoms with Crippen LogP contribution < -0.4 is 4.90 Å². The van der Waals surface area contributed by atoms with Gasteiger partial charge in [0.25, 0.3) is 5.91 Å². The van der Waals surface area contributed by atoms with Gasteiger partial charge in [-0.1, -0.05) is 11.6 Å². The normalized spacial score (nSPS) is 11.5. The molecule has 0 fully saturated rings. The Labute approximate surface area is 130 Å². The standard InChI is InChI=1S/C14H13ClF3N3O/c1-3-21(10-6-4-9(15)5-7-10)13(22)11-8-20(2)19-12(11)14(16,17)18/h4-8H,3H2,1-2H3. The van der Waals surface area contributed by atoms with E-state index in [4.69, 9.17) is 11.6 Å². The number of nitrogens with zero attached hydrogens (tertiary/aromatic N) is 3. The number of amides is 1. The molecule has 22 heavy (non-hydrogen) atoms. The molecule has 0 radical (unpaired) electrons. The summed E-state index contributed by atoms with van der Waals surface area (Å²) in [6.07, 6.45) is -3.62. The molecule has 1 amide bonds. The van der Waals surface area contributed by atoms with Crippen LogP contribution in [0.4, 0.5) is 18.9 Å². The van der Waals surface area contributed by atoms with E-state index in [-0.39, 0.29) is 6.54 Å². The zero-order valence-corrected chi connectivity index (χ0v) is 12.6. The van der Waals surface area contributed by atoms with E-state index < -0.39 is 23.3 Å². The molecule has 2 aromatic rings. The van der Waals surface area contributed by atoms with Crippen molar-refractivity contribution in [3.63, 3.8) is 0 Å². The summed E-state index contributed by atoms with van der Waals surface area (Å²) in [5.74, 6) is -0.759. The molecule has 1 aromatic heterocycles. The highest BCUT2D eigenvalue weighted by Gasteiger charge is 2.39.